The van der Waals surface area contributed by atoms with Crippen LogP contribution in [-0.2, 0) is 18.6 Å². The monoisotopic (exact) mass is 330 g/mol. The maximum Gasteiger partial charge on any atom is 0.459 e. The Balaban J connectivity index is 2.65. The van der Waals surface area contributed by atoms with Crippen molar-refractivity contribution in [1.29, 1.82) is 0 Å². The van der Waals surface area contributed by atoms with E-state index in [0.717, 1.165) is 6.54 Å². The zero-order chi connectivity index (χ0) is 16.3. The molecule has 0 spiro atoms. The van der Waals surface area contributed by atoms with Crippen LogP contribution in [0.15, 0.2) is 30.3 Å². The highest BCUT2D eigenvalue weighted by Crippen LogP contribution is 2.44. The van der Waals surface area contributed by atoms with Crippen molar-refractivity contribution in [2.24, 2.45) is 0 Å². The molecule has 22 heavy (non-hydrogen) atoms. The molecule has 2 atom stereocenters. The molecule has 124 valence electrons. The molecule has 0 saturated carbocycles. The molecule has 0 aliphatic rings. The minimum absolute atomic E-state index is 0.0914. The van der Waals surface area contributed by atoms with Gasteiger partial charge in [0.25, 0.3) is 0 Å². The van der Waals surface area contributed by atoms with Crippen LogP contribution < -0.4 is 14.9 Å². The lowest BCUT2D eigenvalue weighted by atomic mass is 10.3. The standard InChI is InChI=1S/C14H23N2O5P/c1-15-9-8-14(19-2)12-20-22(18,16-10-11-17)21-13-6-4-3-5-7-13/h3-7,11,14-15H,8-10,12H2,1-2H3,(H,16,18). The third-order valence-electron chi connectivity index (χ3n) is 2.82. The average molecular weight is 330 g/mol. The van der Waals surface area contributed by atoms with E-state index in [9.17, 15) is 9.36 Å². The number of methoxy groups -OCH3 is 1. The highest BCUT2D eigenvalue weighted by molar-refractivity contribution is 7.52. The lowest BCUT2D eigenvalue weighted by molar-refractivity contribution is -0.107. The molecule has 0 fully saturated rings. The van der Waals surface area contributed by atoms with Crippen molar-refractivity contribution in [3.8, 4) is 5.75 Å². The van der Waals surface area contributed by atoms with Crippen LogP contribution in [-0.4, -0.2) is 46.2 Å². The smallest absolute Gasteiger partial charge is 0.413 e. The number of para-hydroxylation sites is 1. The second-order valence-corrected chi connectivity index (χ2v) is 6.23. The van der Waals surface area contributed by atoms with Crippen LogP contribution in [0.3, 0.4) is 0 Å². The molecule has 0 heterocycles. The molecule has 2 unspecified atom stereocenters. The molecular formula is C14H23N2O5P. The van der Waals surface area contributed by atoms with E-state index in [-0.39, 0.29) is 19.3 Å². The predicted molar refractivity (Wildman–Crippen MR) is 84.0 cm³/mol. The highest BCUT2D eigenvalue weighted by atomic mass is 31.2. The zero-order valence-electron chi connectivity index (χ0n) is 12.9. The predicted octanol–water partition coefficient (Wildman–Crippen LogP) is 1.60. The van der Waals surface area contributed by atoms with Gasteiger partial charge in [0.15, 0.2) is 0 Å². The summed E-state index contributed by atoms with van der Waals surface area (Å²) in [6.45, 7) is 0.708. The second kappa shape index (κ2) is 10.5. The van der Waals surface area contributed by atoms with Gasteiger partial charge in [-0.1, -0.05) is 18.2 Å². The van der Waals surface area contributed by atoms with Gasteiger partial charge in [0.1, 0.15) is 12.0 Å². The first-order valence-corrected chi connectivity index (χ1v) is 8.53. The molecular weight excluding hydrogens is 307 g/mol. The van der Waals surface area contributed by atoms with Crippen molar-refractivity contribution in [3.05, 3.63) is 30.3 Å². The first kappa shape index (κ1) is 18.8. The van der Waals surface area contributed by atoms with Crippen molar-refractivity contribution in [1.82, 2.24) is 10.4 Å². The van der Waals surface area contributed by atoms with E-state index >= 15 is 0 Å². The first-order valence-electron chi connectivity index (χ1n) is 6.99. The Morgan fingerprint density at radius 1 is 1.32 bits per heavy atom. The molecule has 2 N–H and O–H groups in total. The maximum atomic E-state index is 12.7. The van der Waals surface area contributed by atoms with E-state index in [0.29, 0.717) is 18.5 Å². The second-order valence-electron chi connectivity index (χ2n) is 4.48. The molecule has 0 amide bonds. The van der Waals surface area contributed by atoms with Gasteiger partial charge >= 0.3 is 7.75 Å². The summed E-state index contributed by atoms with van der Waals surface area (Å²) in [5, 5.41) is 5.51. The Kier molecular flexibility index (Phi) is 8.96. The van der Waals surface area contributed by atoms with E-state index in [1.807, 2.05) is 13.1 Å². The number of rotatable bonds is 12. The summed E-state index contributed by atoms with van der Waals surface area (Å²) in [4.78, 5) is 10.5. The number of carbonyl (C=O) groups excluding carboxylic acids is 1. The van der Waals surface area contributed by atoms with E-state index < -0.39 is 7.75 Å². The maximum absolute atomic E-state index is 12.7. The average Bonchev–Trinajstić information content (AvgIpc) is 2.54. The van der Waals surface area contributed by atoms with Crippen LogP contribution in [0.1, 0.15) is 6.42 Å². The number of ether oxygens (including phenoxy) is 1. The van der Waals surface area contributed by atoms with E-state index in [2.05, 4.69) is 10.4 Å². The summed E-state index contributed by atoms with van der Waals surface area (Å²) < 4.78 is 28.7. The van der Waals surface area contributed by atoms with Crippen molar-refractivity contribution >= 4 is 14.0 Å². The number of hydrogen-bond donors (Lipinski definition) is 2. The van der Waals surface area contributed by atoms with Crippen LogP contribution in [0, 0.1) is 0 Å². The van der Waals surface area contributed by atoms with Crippen LogP contribution in [0.4, 0.5) is 0 Å². The van der Waals surface area contributed by atoms with Gasteiger partial charge in [-0.15, -0.1) is 0 Å². The Morgan fingerprint density at radius 2 is 2.05 bits per heavy atom. The Labute approximate surface area is 130 Å². The van der Waals surface area contributed by atoms with Crippen LogP contribution in [0.25, 0.3) is 0 Å². The molecule has 1 rings (SSSR count). The molecule has 0 saturated heterocycles. The molecule has 8 heteroatoms. The van der Waals surface area contributed by atoms with E-state index in [4.69, 9.17) is 13.8 Å². The van der Waals surface area contributed by atoms with Crippen molar-refractivity contribution in [2.45, 2.75) is 12.5 Å². The number of nitrogens with one attached hydrogen (secondary N) is 2. The topological polar surface area (TPSA) is 85.9 Å². The molecule has 0 aliphatic heterocycles. The van der Waals surface area contributed by atoms with Crippen molar-refractivity contribution in [3.63, 3.8) is 0 Å². The lowest BCUT2D eigenvalue weighted by Crippen LogP contribution is -2.26. The van der Waals surface area contributed by atoms with Gasteiger partial charge in [-0.3, -0.25) is 4.52 Å². The Bertz CT molecular complexity index is 472. The van der Waals surface area contributed by atoms with Crippen LogP contribution >= 0.6 is 7.75 Å². The number of carbonyl (C=O) groups is 1. The molecule has 0 aromatic heterocycles. The summed E-state index contributed by atoms with van der Waals surface area (Å²) >= 11 is 0. The van der Waals surface area contributed by atoms with E-state index in [1.54, 1.807) is 31.4 Å². The normalized spacial score (nSPS) is 15.0. The van der Waals surface area contributed by atoms with E-state index in [1.165, 1.54) is 0 Å². The van der Waals surface area contributed by atoms with Gasteiger partial charge in [-0.05, 0) is 32.1 Å². The summed E-state index contributed by atoms with van der Waals surface area (Å²) in [5.74, 6) is 0.397. The fourth-order valence-electron chi connectivity index (χ4n) is 1.63. The zero-order valence-corrected chi connectivity index (χ0v) is 13.8. The SMILES string of the molecule is CNCCC(COP(=O)(NCC=O)Oc1ccccc1)OC. The van der Waals surface area contributed by atoms with Gasteiger partial charge in [0.05, 0.1) is 19.3 Å². The molecule has 1 aromatic carbocycles. The third-order valence-corrected chi connectivity index (χ3v) is 4.33. The first-order chi connectivity index (χ1) is 10.6. The van der Waals surface area contributed by atoms with Crippen LogP contribution in [0.5, 0.6) is 5.75 Å². The number of aldehydes is 1. The van der Waals surface area contributed by atoms with Gasteiger partial charge in [0.2, 0.25) is 0 Å². The summed E-state index contributed by atoms with van der Waals surface area (Å²) in [6.07, 6.45) is 1.07. The largest absolute Gasteiger partial charge is 0.459 e. The minimum atomic E-state index is -3.64. The number of hydrogen-bond acceptors (Lipinski definition) is 6. The van der Waals surface area contributed by atoms with Gasteiger partial charge in [-0.25, -0.2) is 9.65 Å². The fraction of sp³-hybridized carbons (Fsp3) is 0.500. The molecule has 0 aliphatic carbocycles. The van der Waals surface area contributed by atoms with Crippen molar-refractivity contribution in [2.75, 3.05) is 33.9 Å². The third kappa shape index (κ3) is 7.15. The minimum Gasteiger partial charge on any atom is -0.413 e. The molecule has 1 aromatic rings. The van der Waals surface area contributed by atoms with Gasteiger partial charge < -0.3 is 19.4 Å². The summed E-state index contributed by atoms with van der Waals surface area (Å²) in [7, 11) is -0.242. The summed E-state index contributed by atoms with van der Waals surface area (Å²) in [6, 6.07) is 8.64. The van der Waals surface area contributed by atoms with Crippen LogP contribution in [0.2, 0.25) is 0 Å². The summed E-state index contributed by atoms with van der Waals surface area (Å²) in [5.41, 5.74) is 0. The Hall–Kier alpha value is -1.24. The molecule has 0 radical (unpaired) electrons. The number of benzene rings is 1. The molecule has 7 nitrogen and oxygen atoms in total. The van der Waals surface area contributed by atoms with Crippen molar-refractivity contribution < 1.29 is 23.1 Å². The molecule has 0 bridgehead atoms. The van der Waals surface area contributed by atoms with Gasteiger partial charge in [0, 0.05) is 7.11 Å². The van der Waals surface area contributed by atoms with Gasteiger partial charge in [-0.2, -0.15) is 0 Å². The quantitative estimate of drug-likeness (QED) is 0.445. The fourth-order valence-corrected chi connectivity index (χ4v) is 2.90. The Morgan fingerprint density at radius 3 is 2.64 bits per heavy atom. The highest BCUT2D eigenvalue weighted by Gasteiger charge is 2.27. The lowest BCUT2D eigenvalue weighted by Gasteiger charge is -2.22.